The molecule has 0 fully saturated rings. The Morgan fingerprint density at radius 1 is 0.600 bits per heavy atom. The van der Waals surface area contributed by atoms with E-state index >= 15 is 0 Å². The molecule has 35 heavy (non-hydrogen) atoms. The van der Waals surface area contributed by atoms with Crippen LogP contribution in [0, 0.1) is 0 Å². The van der Waals surface area contributed by atoms with Crippen LogP contribution in [0.25, 0.3) is 0 Å². The van der Waals surface area contributed by atoms with Crippen LogP contribution in [0.1, 0.15) is 57.2 Å². The number of hydrogen-bond acceptors (Lipinski definition) is 4. The second-order valence-electron chi connectivity index (χ2n) is 9.01. The molecular weight excluding hydrogens is 430 g/mol. The molecule has 0 N–H and O–H groups in total. The molecule has 4 nitrogen and oxygen atoms in total. The minimum absolute atomic E-state index is 0.0873. The Balaban J connectivity index is 2.13. The van der Waals surface area contributed by atoms with Crippen LogP contribution >= 0.6 is 0 Å². The minimum atomic E-state index is 0.0873. The van der Waals surface area contributed by atoms with Crippen molar-refractivity contribution in [3.05, 3.63) is 83.4 Å². The number of ether oxygens (including phenoxy) is 1. The van der Waals surface area contributed by atoms with Gasteiger partial charge in [-0.05, 0) is 76.1 Å². The summed E-state index contributed by atoms with van der Waals surface area (Å²) in [5.74, 6) is 1.04. The molecule has 0 amide bonds. The topological polar surface area (TPSA) is 19.0 Å². The van der Waals surface area contributed by atoms with Crippen molar-refractivity contribution in [1.29, 1.82) is 0 Å². The maximum Gasteiger partial charge on any atom is 0.125 e. The lowest BCUT2D eigenvalue weighted by Gasteiger charge is -2.26. The summed E-state index contributed by atoms with van der Waals surface area (Å²) in [6, 6.07) is 24.8. The molecule has 0 unspecified atom stereocenters. The van der Waals surface area contributed by atoms with E-state index in [0.29, 0.717) is 6.61 Å². The highest BCUT2D eigenvalue weighted by atomic mass is 16.5. The molecule has 0 aliphatic heterocycles. The van der Waals surface area contributed by atoms with E-state index in [1.54, 1.807) is 0 Å². The lowest BCUT2D eigenvalue weighted by atomic mass is 9.84. The van der Waals surface area contributed by atoms with Crippen molar-refractivity contribution in [1.82, 2.24) is 0 Å². The first kappa shape index (κ1) is 26.5. The van der Waals surface area contributed by atoms with E-state index in [4.69, 9.17) is 4.74 Å². The van der Waals surface area contributed by atoms with Gasteiger partial charge in [0.15, 0.2) is 0 Å². The van der Waals surface area contributed by atoms with Gasteiger partial charge < -0.3 is 19.4 Å². The van der Waals surface area contributed by atoms with E-state index in [0.717, 1.165) is 37.6 Å². The first-order valence-corrected chi connectivity index (χ1v) is 13.1. The molecule has 0 radical (unpaired) electrons. The molecule has 0 atom stereocenters. The van der Waals surface area contributed by atoms with Gasteiger partial charge in [-0.2, -0.15) is 0 Å². The van der Waals surface area contributed by atoms with Gasteiger partial charge in [-0.25, -0.2) is 0 Å². The van der Waals surface area contributed by atoms with Gasteiger partial charge in [-0.15, -0.1) is 0 Å². The fourth-order valence-corrected chi connectivity index (χ4v) is 4.80. The highest BCUT2D eigenvalue weighted by Crippen LogP contribution is 2.40. The number of rotatable bonds is 12. The van der Waals surface area contributed by atoms with Crippen LogP contribution in [-0.2, 0) is 0 Å². The molecule has 3 aromatic carbocycles. The zero-order valence-electron chi connectivity index (χ0n) is 22.7. The summed E-state index contributed by atoms with van der Waals surface area (Å²) >= 11 is 0. The molecule has 3 rings (SSSR count). The molecule has 0 saturated carbocycles. The molecule has 0 aliphatic carbocycles. The van der Waals surface area contributed by atoms with Crippen molar-refractivity contribution in [3.63, 3.8) is 0 Å². The lowest BCUT2D eigenvalue weighted by Crippen LogP contribution is -2.22. The van der Waals surface area contributed by atoms with Crippen LogP contribution in [-0.4, -0.2) is 46.9 Å². The summed E-state index contributed by atoms with van der Waals surface area (Å²) in [5, 5.41) is 0. The third kappa shape index (κ3) is 6.11. The quantitative estimate of drug-likeness (QED) is 0.263. The fourth-order valence-electron chi connectivity index (χ4n) is 4.80. The highest BCUT2D eigenvalue weighted by molar-refractivity contribution is 5.60. The Bertz CT molecular complexity index is 980. The number of nitrogens with zero attached hydrogens (tertiary/aromatic N) is 3. The SMILES string of the molecule is CCOc1cc(N(C)C)ccc1C(c1ccc(N(CC)CC)cc1)c1ccc(N(CC)CC)cc1. The third-order valence-corrected chi connectivity index (χ3v) is 6.83. The molecule has 0 saturated heterocycles. The van der Waals surface area contributed by atoms with Crippen LogP contribution in [0.4, 0.5) is 17.1 Å². The smallest absolute Gasteiger partial charge is 0.125 e. The average Bonchev–Trinajstić information content (AvgIpc) is 2.88. The molecule has 0 spiro atoms. The predicted molar refractivity (Wildman–Crippen MR) is 153 cm³/mol. The Hall–Kier alpha value is -3.14. The summed E-state index contributed by atoms with van der Waals surface area (Å²) in [6.45, 7) is 15.5. The zero-order valence-corrected chi connectivity index (χ0v) is 22.7. The van der Waals surface area contributed by atoms with E-state index in [2.05, 4.69) is 130 Å². The van der Waals surface area contributed by atoms with Crippen LogP contribution in [0.3, 0.4) is 0 Å². The third-order valence-electron chi connectivity index (χ3n) is 6.83. The molecule has 0 heterocycles. The van der Waals surface area contributed by atoms with Crippen molar-refractivity contribution in [2.45, 2.75) is 40.5 Å². The summed E-state index contributed by atoms with van der Waals surface area (Å²) in [7, 11) is 4.14. The largest absolute Gasteiger partial charge is 0.493 e. The highest BCUT2D eigenvalue weighted by Gasteiger charge is 2.22. The second-order valence-corrected chi connectivity index (χ2v) is 9.01. The first-order valence-electron chi connectivity index (χ1n) is 13.1. The fraction of sp³-hybridized carbons (Fsp3) is 0.419. The molecule has 0 aromatic heterocycles. The van der Waals surface area contributed by atoms with Crippen molar-refractivity contribution in [2.24, 2.45) is 0 Å². The van der Waals surface area contributed by atoms with Crippen molar-refractivity contribution < 1.29 is 4.74 Å². The molecule has 188 valence electrons. The van der Waals surface area contributed by atoms with Gasteiger partial charge in [-0.3, -0.25) is 0 Å². The molecule has 0 bridgehead atoms. The molecular formula is C31H43N3O. The normalized spacial score (nSPS) is 11.0. The summed E-state index contributed by atoms with van der Waals surface area (Å²) in [6.07, 6.45) is 0. The van der Waals surface area contributed by atoms with Gasteiger partial charge in [0.2, 0.25) is 0 Å². The van der Waals surface area contributed by atoms with Crippen LogP contribution < -0.4 is 19.4 Å². The lowest BCUT2D eigenvalue weighted by molar-refractivity contribution is 0.336. The minimum Gasteiger partial charge on any atom is -0.493 e. The summed E-state index contributed by atoms with van der Waals surface area (Å²) < 4.78 is 6.20. The molecule has 4 heteroatoms. The number of anilines is 3. The van der Waals surface area contributed by atoms with E-state index in [1.807, 2.05) is 0 Å². The van der Waals surface area contributed by atoms with E-state index < -0.39 is 0 Å². The molecule has 0 aliphatic rings. The van der Waals surface area contributed by atoms with E-state index in [1.165, 1.54) is 28.1 Å². The first-order chi connectivity index (χ1) is 17.0. The Morgan fingerprint density at radius 2 is 1.03 bits per heavy atom. The van der Waals surface area contributed by atoms with Gasteiger partial charge in [0, 0.05) is 74.9 Å². The van der Waals surface area contributed by atoms with Gasteiger partial charge in [0.1, 0.15) is 5.75 Å². The van der Waals surface area contributed by atoms with Gasteiger partial charge >= 0.3 is 0 Å². The zero-order chi connectivity index (χ0) is 25.4. The van der Waals surface area contributed by atoms with E-state index in [9.17, 15) is 0 Å². The van der Waals surface area contributed by atoms with Crippen LogP contribution in [0.5, 0.6) is 5.75 Å². The maximum absolute atomic E-state index is 6.20. The standard InChI is InChI=1S/C31H43N3O/c1-8-33(9-2)26-17-13-24(14-18-26)31(25-15-19-27(20-16-25)34(10-3)11-4)29-22-21-28(32(6)7)23-30(29)35-12-5/h13-23,31H,8-12H2,1-7H3. The van der Waals surface area contributed by atoms with Crippen molar-refractivity contribution in [3.8, 4) is 5.75 Å². The Kier molecular flexibility index (Phi) is 9.47. The van der Waals surface area contributed by atoms with Crippen molar-refractivity contribution in [2.75, 3.05) is 61.6 Å². The number of benzene rings is 3. The maximum atomic E-state index is 6.20. The van der Waals surface area contributed by atoms with Gasteiger partial charge in [0.25, 0.3) is 0 Å². The van der Waals surface area contributed by atoms with Gasteiger partial charge in [-0.1, -0.05) is 30.3 Å². The monoisotopic (exact) mass is 473 g/mol. The van der Waals surface area contributed by atoms with Gasteiger partial charge in [0.05, 0.1) is 6.61 Å². The Labute approximate surface area is 213 Å². The molecule has 3 aromatic rings. The van der Waals surface area contributed by atoms with Crippen LogP contribution in [0.15, 0.2) is 66.7 Å². The second kappa shape index (κ2) is 12.5. The Morgan fingerprint density at radius 3 is 1.40 bits per heavy atom. The van der Waals surface area contributed by atoms with Crippen LogP contribution in [0.2, 0.25) is 0 Å². The summed E-state index contributed by atoms with van der Waals surface area (Å²) in [5.41, 5.74) is 7.42. The summed E-state index contributed by atoms with van der Waals surface area (Å²) in [4.78, 5) is 6.89. The van der Waals surface area contributed by atoms with E-state index in [-0.39, 0.29) is 5.92 Å². The average molecular weight is 474 g/mol. The van der Waals surface area contributed by atoms with Crippen molar-refractivity contribution >= 4 is 17.1 Å². The predicted octanol–water partition coefficient (Wildman–Crippen LogP) is 7.02. The number of hydrogen-bond donors (Lipinski definition) is 0.